The first-order chi connectivity index (χ1) is 12.3. The number of alkyl halides is 1. The van der Waals surface area contributed by atoms with Crippen molar-refractivity contribution < 1.29 is 24.1 Å². The van der Waals surface area contributed by atoms with Gasteiger partial charge >= 0.3 is 0 Å². The summed E-state index contributed by atoms with van der Waals surface area (Å²) in [5, 5.41) is 24.7. The van der Waals surface area contributed by atoms with E-state index >= 15 is 0 Å². The van der Waals surface area contributed by atoms with Gasteiger partial charge in [-0.1, -0.05) is 13.8 Å². The van der Waals surface area contributed by atoms with E-state index in [1.165, 1.54) is 10.9 Å². The minimum Gasteiger partial charge on any atom is -0.394 e. The molecule has 0 aromatic carbocycles. The zero-order valence-corrected chi connectivity index (χ0v) is 14.3. The lowest BCUT2D eigenvalue weighted by Crippen LogP contribution is -2.44. The average molecular weight is 365 g/mol. The summed E-state index contributed by atoms with van der Waals surface area (Å²) in [5.74, 6) is 2.22. The molecule has 1 amide bonds. The van der Waals surface area contributed by atoms with Gasteiger partial charge in [0.2, 0.25) is 17.6 Å². The van der Waals surface area contributed by atoms with Gasteiger partial charge in [-0.2, -0.15) is 0 Å². The summed E-state index contributed by atoms with van der Waals surface area (Å²) in [7, 11) is 0. The summed E-state index contributed by atoms with van der Waals surface area (Å²) in [5.41, 5.74) is -1.51. The molecular formula is C16H20FN5O4. The van der Waals surface area contributed by atoms with E-state index < -0.39 is 30.7 Å². The number of aliphatic imine (C=N–C) groups is 1. The Morgan fingerprint density at radius 2 is 2.42 bits per heavy atom. The first-order valence-corrected chi connectivity index (χ1v) is 8.11. The second-order valence-corrected chi connectivity index (χ2v) is 6.42. The molecule has 4 atom stereocenters. The molecule has 2 aliphatic rings. The molecule has 9 nitrogen and oxygen atoms in total. The molecule has 0 aliphatic carbocycles. The number of terminal acetylenes is 1. The Morgan fingerprint density at radius 1 is 1.69 bits per heavy atom. The van der Waals surface area contributed by atoms with E-state index in [2.05, 4.69) is 26.5 Å². The number of nitrogens with one attached hydrogen (secondary N) is 2. The van der Waals surface area contributed by atoms with Gasteiger partial charge in [-0.3, -0.25) is 14.7 Å². The van der Waals surface area contributed by atoms with Crippen LogP contribution in [0.15, 0.2) is 11.3 Å². The Morgan fingerprint density at radius 3 is 3.00 bits per heavy atom. The SMILES string of the molecule is C#C[C@@]1(n2cnc3c2NC(NC(=O)C(C)C)=NC3)O[C@H](CO)[C@@H](O)[C@H]1F. The van der Waals surface area contributed by atoms with Crippen molar-refractivity contribution >= 4 is 17.7 Å². The number of hydrogen-bond acceptors (Lipinski definition) is 7. The smallest absolute Gasteiger partial charge is 0.246 e. The Labute approximate surface area is 149 Å². The molecule has 4 N–H and O–H groups in total. The number of carbonyl (C=O) groups excluding carboxylic acids is 1. The van der Waals surface area contributed by atoms with Crippen LogP contribution in [0, 0.1) is 18.3 Å². The molecule has 1 aromatic rings. The first-order valence-electron chi connectivity index (χ1n) is 8.11. The van der Waals surface area contributed by atoms with E-state index in [0.717, 1.165) is 0 Å². The van der Waals surface area contributed by atoms with Gasteiger partial charge in [-0.15, -0.1) is 6.42 Å². The van der Waals surface area contributed by atoms with Crippen molar-refractivity contribution in [2.45, 2.75) is 44.5 Å². The summed E-state index contributed by atoms with van der Waals surface area (Å²) >= 11 is 0. The number of aliphatic hydroxyl groups excluding tert-OH is 2. The number of fused-ring (bicyclic) bond motifs is 1. The van der Waals surface area contributed by atoms with Crippen LogP contribution in [0.1, 0.15) is 19.5 Å². The summed E-state index contributed by atoms with van der Waals surface area (Å²) in [6.07, 6.45) is 2.06. The molecule has 1 saturated heterocycles. The van der Waals surface area contributed by atoms with Gasteiger partial charge in [0.1, 0.15) is 23.7 Å². The summed E-state index contributed by atoms with van der Waals surface area (Å²) in [6.45, 7) is 3.02. The van der Waals surface area contributed by atoms with E-state index in [1.54, 1.807) is 13.8 Å². The maximum absolute atomic E-state index is 14.8. The van der Waals surface area contributed by atoms with Crippen LogP contribution in [0.2, 0.25) is 0 Å². The number of anilines is 1. The third-order valence-electron chi connectivity index (χ3n) is 4.36. The van der Waals surface area contributed by atoms with Crippen LogP contribution in [-0.2, 0) is 21.8 Å². The largest absolute Gasteiger partial charge is 0.394 e. The van der Waals surface area contributed by atoms with Crippen LogP contribution in [0.4, 0.5) is 10.2 Å². The fourth-order valence-electron chi connectivity index (χ4n) is 2.83. The third-order valence-corrected chi connectivity index (χ3v) is 4.36. The fourth-order valence-corrected chi connectivity index (χ4v) is 2.83. The third kappa shape index (κ3) is 2.74. The van der Waals surface area contributed by atoms with Gasteiger partial charge in [0.15, 0.2) is 6.17 Å². The fraction of sp³-hybridized carbons (Fsp3) is 0.562. The second-order valence-electron chi connectivity index (χ2n) is 6.42. The lowest BCUT2D eigenvalue weighted by Gasteiger charge is -2.29. The predicted molar refractivity (Wildman–Crippen MR) is 89.6 cm³/mol. The van der Waals surface area contributed by atoms with Gasteiger partial charge in [0.25, 0.3) is 0 Å². The van der Waals surface area contributed by atoms with Gasteiger partial charge in [-0.25, -0.2) is 14.4 Å². The number of amides is 1. The van der Waals surface area contributed by atoms with Crippen molar-refractivity contribution in [1.82, 2.24) is 14.9 Å². The van der Waals surface area contributed by atoms with Crippen LogP contribution in [0.5, 0.6) is 0 Å². The minimum atomic E-state index is -1.99. The highest BCUT2D eigenvalue weighted by Crippen LogP contribution is 2.40. The normalized spacial score (nSPS) is 30.3. The monoisotopic (exact) mass is 365 g/mol. The number of carbonyl (C=O) groups is 1. The van der Waals surface area contributed by atoms with Crippen LogP contribution in [0.25, 0.3) is 0 Å². The molecule has 0 saturated carbocycles. The highest BCUT2D eigenvalue weighted by atomic mass is 19.1. The van der Waals surface area contributed by atoms with Crippen molar-refractivity contribution in [2.75, 3.05) is 11.9 Å². The zero-order chi connectivity index (χ0) is 19.1. The Kier molecular flexibility index (Phi) is 4.70. The van der Waals surface area contributed by atoms with E-state index in [9.17, 15) is 19.4 Å². The molecule has 0 spiro atoms. The van der Waals surface area contributed by atoms with Crippen molar-refractivity contribution in [3.8, 4) is 12.3 Å². The van der Waals surface area contributed by atoms with Gasteiger partial charge in [0, 0.05) is 5.92 Å². The van der Waals surface area contributed by atoms with Gasteiger partial charge in [-0.05, 0) is 5.92 Å². The van der Waals surface area contributed by atoms with Crippen molar-refractivity contribution in [1.29, 1.82) is 0 Å². The van der Waals surface area contributed by atoms with Crippen molar-refractivity contribution in [3.05, 3.63) is 12.0 Å². The van der Waals surface area contributed by atoms with E-state index in [1.807, 2.05) is 0 Å². The van der Waals surface area contributed by atoms with E-state index in [0.29, 0.717) is 11.5 Å². The van der Waals surface area contributed by atoms with E-state index in [-0.39, 0.29) is 24.3 Å². The zero-order valence-electron chi connectivity index (χ0n) is 14.3. The molecular weight excluding hydrogens is 345 g/mol. The quantitative estimate of drug-likeness (QED) is 0.527. The molecule has 1 fully saturated rings. The Hall–Kier alpha value is -2.48. The van der Waals surface area contributed by atoms with Gasteiger partial charge in [0.05, 0.1) is 19.5 Å². The topological polar surface area (TPSA) is 121 Å². The number of halogens is 1. The number of ether oxygens (including phenoxy) is 1. The highest BCUT2D eigenvalue weighted by Gasteiger charge is 2.57. The lowest BCUT2D eigenvalue weighted by molar-refractivity contribution is -0.122. The molecule has 10 heteroatoms. The molecule has 0 bridgehead atoms. The van der Waals surface area contributed by atoms with Crippen LogP contribution < -0.4 is 10.6 Å². The first kappa shape index (κ1) is 18.3. The molecule has 140 valence electrons. The Bertz CT molecular complexity index is 786. The number of rotatable bonds is 3. The minimum absolute atomic E-state index is 0.145. The molecule has 26 heavy (non-hydrogen) atoms. The van der Waals surface area contributed by atoms with Crippen molar-refractivity contribution in [3.63, 3.8) is 0 Å². The molecule has 2 aliphatic heterocycles. The Balaban J connectivity index is 1.93. The average Bonchev–Trinajstić information content (AvgIpc) is 3.15. The number of imidazole rings is 1. The highest BCUT2D eigenvalue weighted by molar-refractivity contribution is 6.05. The number of hydrogen-bond donors (Lipinski definition) is 4. The lowest BCUT2D eigenvalue weighted by atomic mass is 10.0. The van der Waals surface area contributed by atoms with Crippen molar-refractivity contribution in [2.24, 2.45) is 10.9 Å². The van der Waals surface area contributed by atoms with Crippen LogP contribution in [0.3, 0.4) is 0 Å². The standard InChI is InChI=1S/C16H20FN5O4/c1-4-16(12(17)11(24)10(6-23)26-16)22-7-19-9-5-18-15(20-13(9)22)21-14(25)8(2)3/h1,7-8,10-12,23-24H,5-6H2,2-3H3,(H2,18,20,21,25)/t10-,11-,12-,16-/m1/s1. The maximum Gasteiger partial charge on any atom is 0.246 e. The van der Waals surface area contributed by atoms with Crippen LogP contribution in [-0.4, -0.2) is 56.6 Å². The number of aliphatic hydroxyl groups is 2. The summed E-state index contributed by atoms with van der Waals surface area (Å²) < 4.78 is 21.5. The molecule has 0 unspecified atom stereocenters. The second kappa shape index (κ2) is 6.68. The number of aromatic nitrogens is 2. The number of guanidine groups is 1. The molecule has 3 heterocycles. The maximum atomic E-state index is 14.8. The number of nitrogens with zero attached hydrogens (tertiary/aromatic N) is 3. The van der Waals surface area contributed by atoms with Crippen LogP contribution >= 0.6 is 0 Å². The molecule has 0 radical (unpaired) electrons. The molecule has 3 rings (SSSR count). The summed E-state index contributed by atoms with van der Waals surface area (Å²) in [6, 6.07) is 0. The van der Waals surface area contributed by atoms with Gasteiger partial charge < -0.3 is 20.3 Å². The summed E-state index contributed by atoms with van der Waals surface area (Å²) in [4.78, 5) is 20.2. The predicted octanol–water partition coefficient (Wildman–Crippen LogP) is -0.687. The van der Waals surface area contributed by atoms with E-state index in [4.69, 9.17) is 11.2 Å². The molecule has 1 aromatic heterocycles.